The van der Waals surface area contributed by atoms with Gasteiger partial charge < -0.3 is 9.47 Å². The Balaban J connectivity index is 0.00000225. The average Bonchev–Trinajstić information content (AvgIpc) is 2.29. The highest BCUT2D eigenvalue weighted by Crippen LogP contribution is 2.27. The molecule has 88 valence electrons. The summed E-state index contributed by atoms with van der Waals surface area (Å²) in [5.41, 5.74) is 9.20. The molecule has 0 fully saturated rings. The molecule has 0 bridgehead atoms. The Morgan fingerprint density at radius 3 is 2.50 bits per heavy atom. The number of hydrogen-bond acceptors (Lipinski definition) is 3. The normalized spacial score (nSPS) is 8.62. The SMILES string of the molecule is C.COc1ccc(CCN=[N+]=[N-])cc1OC. The zero-order chi connectivity index (χ0) is 11.1. The highest BCUT2D eigenvalue weighted by atomic mass is 16.5. The van der Waals surface area contributed by atoms with Crippen LogP contribution in [0.4, 0.5) is 0 Å². The Morgan fingerprint density at radius 1 is 1.25 bits per heavy atom. The van der Waals surface area contributed by atoms with Gasteiger partial charge >= 0.3 is 0 Å². The maximum atomic E-state index is 8.14. The second kappa shape index (κ2) is 7.43. The number of methoxy groups -OCH3 is 2. The summed E-state index contributed by atoms with van der Waals surface area (Å²) < 4.78 is 10.3. The topological polar surface area (TPSA) is 67.2 Å². The first-order chi connectivity index (χ1) is 7.31. The molecule has 0 heterocycles. The molecule has 0 saturated carbocycles. The van der Waals surface area contributed by atoms with Crippen molar-refractivity contribution >= 4 is 0 Å². The molecule has 1 aromatic rings. The highest BCUT2D eigenvalue weighted by molar-refractivity contribution is 5.42. The minimum Gasteiger partial charge on any atom is -0.493 e. The van der Waals surface area contributed by atoms with Gasteiger partial charge in [-0.1, -0.05) is 18.6 Å². The molecule has 0 N–H and O–H groups in total. The van der Waals surface area contributed by atoms with Crippen LogP contribution in [0, 0.1) is 0 Å². The number of rotatable bonds is 5. The van der Waals surface area contributed by atoms with Gasteiger partial charge in [0.2, 0.25) is 0 Å². The van der Waals surface area contributed by atoms with Crippen molar-refractivity contribution in [1.82, 2.24) is 0 Å². The molecule has 5 nitrogen and oxygen atoms in total. The number of hydrogen-bond donors (Lipinski definition) is 0. The van der Waals surface area contributed by atoms with Crippen molar-refractivity contribution in [2.24, 2.45) is 5.11 Å². The van der Waals surface area contributed by atoms with E-state index in [-0.39, 0.29) is 7.43 Å². The molecule has 0 unspecified atom stereocenters. The molecule has 0 aromatic heterocycles. The Morgan fingerprint density at radius 2 is 1.94 bits per heavy atom. The highest BCUT2D eigenvalue weighted by Gasteiger charge is 2.03. The molecular weight excluding hydrogens is 206 g/mol. The van der Waals surface area contributed by atoms with Crippen LogP contribution in [-0.4, -0.2) is 20.8 Å². The van der Waals surface area contributed by atoms with Gasteiger partial charge in [0.1, 0.15) is 0 Å². The van der Waals surface area contributed by atoms with E-state index in [9.17, 15) is 0 Å². The van der Waals surface area contributed by atoms with Crippen LogP contribution in [0.15, 0.2) is 23.3 Å². The first kappa shape index (κ1) is 14.1. The zero-order valence-electron chi connectivity index (χ0n) is 8.80. The van der Waals surface area contributed by atoms with Crippen molar-refractivity contribution in [3.05, 3.63) is 34.2 Å². The number of benzene rings is 1. The van der Waals surface area contributed by atoms with Gasteiger partial charge in [-0.2, -0.15) is 0 Å². The van der Waals surface area contributed by atoms with E-state index in [2.05, 4.69) is 10.0 Å². The van der Waals surface area contributed by atoms with E-state index >= 15 is 0 Å². The first-order valence-electron chi connectivity index (χ1n) is 4.53. The fraction of sp³-hybridized carbons (Fsp3) is 0.455. The minimum atomic E-state index is 0. The van der Waals surface area contributed by atoms with Gasteiger partial charge in [0.15, 0.2) is 11.5 Å². The van der Waals surface area contributed by atoms with Crippen LogP contribution < -0.4 is 9.47 Å². The second-order valence-electron chi connectivity index (χ2n) is 2.89. The van der Waals surface area contributed by atoms with Gasteiger partial charge in [-0.15, -0.1) is 0 Å². The molecule has 1 rings (SSSR count). The summed E-state index contributed by atoms with van der Waals surface area (Å²) in [6.45, 7) is 0.450. The van der Waals surface area contributed by atoms with E-state index in [1.54, 1.807) is 14.2 Å². The first-order valence-corrected chi connectivity index (χ1v) is 4.53. The van der Waals surface area contributed by atoms with Crippen LogP contribution in [0.5, 0.6) is 11.5 Å². The van der Waals surface area contributed by atoms with Crippen LogP contribution in [0.25, 0.3) is 10.4 Å². The van der Waals surface area contributed by atoms with Crippen LogP contribution in [-0.2, 0) is 6.42 Å². The molecule has 0 aliphatic heterocycles. The van der Waals surface area contributed by atoms with E-state index in [0.717, 1.165) is 5.56 Å². The van der Waals surface area contributed by atoms with Crippen LogP contribution in [0.1, 0.15) is 13.0 Å². The predicted molar refractivity (Wildman–Crippen MR) is 64.0 cm³/mol. The van der Waals surface area contributed by atoms with E-state index in [1.165, 1.54) is 0 Å². The fourth-order valence-corrected chi connectivity index (χ4v) is 1.26. The Hall–Kier alpha value is -1.87. The van der Waals surface area contributed by atoms with Crippen molar-refractivity contribution in [3.8, 4) is 11.5 Å². The summed E-state index contributed by atoms with van der Waals surface area (Å²) in [7, 11) is 3.19. The Bertz CT molecular complexity index is 373. The second-order valence-corrected chi connectivity index (χ2v) is 2.89. The van der Waals surface area contributed by atoms with Gasteiger partial charge in [0.25, 0.3) is 0 Å². The number of azide groups is 1. The lowest BCUT2D eigenvalue weighted by Gasteiger charge is -2.08. The van der Waals surface area contributed by atoms with E-state index < -0.39 is 0 Å². The van der Waals surface area contributed by atoms with Gasteiger partial charge in [-0.05, 0) is 29.6 Å². The van der Waals surface area contributed by atoms with Crippen LogP contribution in [0.3, 0.4) is 0 Å². The Kier molecular flexibility index (Phi) is 6.56. The maximum Gasteiger partial charge on any atom is 0.160 e. The zero-order valence-corrected chi connectivity index (χ0v) is 8.80. The molecule has 0 atom stereocenters. The van der Waals surface area contributed by atoms with E-state index in [0.29, 0.717) is 24.5 Å². The lowest BCUT2D eigenvalue weighted by atomic mass is 10.1. The molecule has 16 heavy (non-hydrogen) atoms. The molecule has 0 radical (unpaired) electrons. The summed E-state index contributed by atoms with van der Waals surface area (Å²) in [6, 6.07) is 5.64. The summed E-state index contributed by atoms with van der Waals surface area (Å²) >= 11 is 0. The van der Waals surface area contributed by atoms with Crippen molar-refractivity contribution in [2.75, 3.05) is 20.8 Å². The Labute approximate surface area is 95.6 Å². The molecule has 0 aliphatic carbocycles. The summed E-state index contributed by atoms with van der Waals surface area (Å²) in [4.78, 5) is 2.70. The van der Waals surface area contributed by atoms with Crippen LogP contribution in [0.2, 0.25) is 0 Å². The number of nitrogens with zero attached hydrogens (tertiary/aromatic N) is 3. The molecule has 0 spiro atoms. The minimum absolute atomic E-state index is 0. The molecule has 5 heteroatoms. The van der Waals surface area contributed by atoms with Crippen LogP contribution >= 0.6 is 0 Å². The third kappa shape index (κ3) is 3.71. The van der Waals surface area contributed by atoms with Gasteiger partial charge in [0, 0.05) is 11.5 Å². The summed E-state index contributed by atoms with van der Waals surface area (Å²) in [5.74, 6) is 1.39. The molecule has 1 aromatic carbocycles. The van der Waals surface area contributed by atoms with E-state index in [4.69, 9.17) is 15.0 Å². The predicted octanol–water partition coefficient (Wildman–Crippen LogP) is 3.19. The largest absolute Gasteiger partial charge is 0.493 e. The molecule has 0 amide bonds. The third-order valence-electron chi connectivity index (χ3n) is 2.01. The standard InChI is InChI=1S/C10H13N3O2.CH4/c1-14-9-4-3-8(5-6-12-13-11)7-10(9)15-2;/h3-4,7H,5-6H2,1-2H3;1H4. The van der Waals surface area contributed by atoms with Gasteiger partial charge in [0.05, 0.1) is 14.2 Å². The lowest BCUT2D eigenvalue weighted by Crippen LogP contribution is -1.94. The average molecular weight is 223 g/mol. The van der Waals surface area contributed by atoms with E-state index in [1.807, 2.05) is 18.2 Å². The third-order valence-corrected chi connectivity index (χ3v) is 2.01. The molecule has 0 saturated heterocycles. The molecular formula is C11H17N3O2. The summed E-state index contributed by atoms with van der Waals surface area (Å²) in [5, 5.41) is 3.47. The monoisotopic (exact) mass is 223 g/mol. The fourth-order valence-electron chi connectivity index (χ4n) is 1.26. The van der Waals surface area contributed by atoms with Crippen molar-refractivity contribution in [1.29, 1.82) is 0 Å². The van der Waals surface area contributed by atoms with Crippen molar-refractivity contribution in [2.45, 2.75) is 13.8 Å². The lowest BCUT2D eigenvalue weighted by molar-refractivity contribution is 0.354. The maximum absolute atomic E-state index is 8.14. The molecule has 0 aliphatic rings. The number of ether oxygens (including phenoxy) is 2. The smallest absolute Gasteiger partial charge is 0.160 e. The summed E-state index contributed by atoms with van der Waals surface area (Å²) in [6.07, 6.45) is 0.699. The quantitative estimate of drug-likeness (QED) is 0.437. The van der Waals surface area contributed by atoms with Gasteiger partial charge in [-0.3, -0.25) is 0 Å². The van der Waals surface area contributed by atoms with Gasteiger partial charge in [-0.25, -0.2) is 0 Å². The van der Waals surface area contributed by atoms with Crippen molar-refractivity contribution in [3.63, 3.8) is 0 Å². The van der Waals surface area contributed by atoms with Crippen molar-refractivity contribution < 1.29 is 9.47 Å².